The molecule has 3 fully saturated rings. The Labute approximate surface area is 125 Å². The molecule has 3 aliphatic rings. The van der Waals surface area contributed by atoms with Crippen molar-refractivity contribution in [2.75, 3.05) is 32.7 Å². The molecule has 0 atom stereocenters. The second-order valence-electron chi connectivity index (χ2n) is 7.48. The zero-order valence-corrected chi connectivity index (χ0v) is 13.5. The summed E-state index contributed by atoms with van der Waals surface area (Å²) in [6, 6.07) is 2.56. The molecule has 0 aromatic carbocycles. The molecule has 3 heteroatoms. The van der Waals surface area contributed by atoms with Crippen LogP contribution in [0.3, 0.4) is 0 Å². The Morgan fingerprint density at radius 3 is 2.10 bits per heavy atom. The fraction of sp³-hybridized carbons (Fsp3) is 1.00. The molecule has 116 valence electrons. The van der Waals surface area contributed by atoms with Crippen LogP contribution in [0.15, 0.2) is 0 Å². The molecule has 3 rings (SSSR count). The lowest BCUT2D eigenvalue weighted by Gasteiger charge is -2.42. The van der Waals surface area contributed by atoms with E-state index in [9.17, 15) is 0 Å². The van der Waals surface area contributed by atoms with Gasteiger partial charge < -0.3 is 10.2 Å². The summed E-state index contributed by atoms with van der Waals surface area (Å²) < 4.78 is 0. The highest BCUT2D eigenvalue weighted by Crippen LogP contribution is 2.33. The molecule has 0 spiro atoms. The van der Waals surface area contributed by atoms with Crippen molar-refractivity contribution in [3.63, 3.8) is 0 Å². The summed E-state index contributed by atoms with van der Waals surface area (Å²) in [5.41, 5.74) is 0. The molecular weight excluding hydrogens is 246 g/mol. The highest BCUT2D eigenvalue weighted by atomic mass is 15.2. The highest BCUT2D eigenvalue weighted by molar-refractivity contribution is 4.92. The van der Waals surface area contributed by atoms with Crippen molar-refractivity contribution in [2.24, 2.45) is 5.92 Å². The Hall–Kier alpha value is -0.120. The summed E-state index contributed by atoms with van der Waals surface area (Å²) in [5, 5.41) is 3.51. The number of hydrogen-bond donors (Lipinski definition) is 1. The summed E-state index contributed by atoms with van der Waals surface area (Å²) >= 11 is 0. The maximum atomic E-state index is 3.51. The lowest BCUT2D eigenvalue weighted by atomic mass is 9.94. The minimum absolute atomic E-state index is 0.731. The molecule has 3 nitrogen and oxygen atoms in total. The van der Waals surface area contributed by atoms with Crippen LogP contribution in [0, 0.1) is 5.92 Å². The SMILES string of the molecule is CC(C)N1CCC(N(CC2CCNCC2)C2CC2)CC1. The fourth-order valence-corrected chi connectivity index (χ4v) is 4.10. The third kappa shape index (κ3) is 3.75. The van der Waals surface area contributed by atoms with E-state index < -0.39 is 0 Å². The van der Waals surface area contributed by atoms with Gasteiger partial charge >= 0.3 is 0 Å². The summed E-state index contributed by atoms with van der Waals surface area (Å²) in [7, 11) is 0. The molecule has 0 aromatic heterocycles. The Bertz CT molecular complexity index is 287. The molecule has 0 amide bonds. The average Bonchev–Trinajstić information content (AvgIpc) is 3.30. The van der Waals surface area contributed by atoms with Gasteiger partial charge in [-0.1, -0.05) is 0 Å². The molecule has 0 unspecified atom stereocenters. The molecule has 0 radical (unpaired) electrons. The first-order valence-electron chi connectivity index (χ1n) is 8.94. The van der Waals surface area contributed by atoms with E-state index in [0.29, 0.717) is 0 Å². The number of nitrogens with zero attached hydrogens (tertiary/aromatic N) is 2. The van der Waals surface area contributed by atoms with Crippen molar-refractivity contribution in [1.82, 2.24) is 15.1 Å². The molecule has 1 aliphatic carbocycles. The first-order valence-corrected chi connectivity index (χ1v) is 8.94. The highest BCUT2D eigenvalue weighted by Gasteiger charge is 2.36. The van der Waals surface area contributed by atoms with Crippen LogP contribution in [0.5, 0.6) is 0 Å². The topological polar surface area (TPSA) is 18.5 Å². The zero-order chi connectivity index (χ0) is 13.9. The quantitative estimate of drug-likeness (QED) is 0.833. The van der Waals surface area contributed by atoms with Gasteiger partial charge in [-0.25, -0.2) is 0 Å². The minimum atomic E-state index is 0.731. The van der Waals surface area contributed by atoms with Gasteiger partial charge in [-0.05, 0) is 84.5 Å². The van der Waals surface area contributed by atoms with Gasteiger partial charge in [-0.15, -0.1) is 0 Å². The van der Waals surface area contributed by atoms with Crippen LogP contribution < -0.4 is 5.32 Å². The van der Waals surface area contributed by atoms with Gasteiger partial charge in [0.2, 0.25) is 0 Å². The molecule has 2 heterocycles. The Kier molecular flexibility index (Phi) is 5.00. The van der Waals surface area contributed by atoms with Crippen LogP contribution >= 0.6 is 0 Å². The van der Waals surface area contributed by atoms with Gasteiger partial charge in [0.25, 0.3) is 0 Å². The third-order valence-electron chi connectivity index (χ3n) is 5.64. The van der Waals surface area contributed by atoms with Crippen LogP contribution in [0.4, 0.5) is 0 Å². The molecule has 2 aliphatic heterocycles. The molecule has 0 bridgehead atoms. The maximum Gasteiger partial charge on any atom is 0.0123 e. The second kappa shape index (κ2) is 6.76. The van der Waals surface area contributed by atoms with E-state index in [0.717, 1.165) is 24.0 Å². The molecule has 1 N–H and O–H groups in total. The number of likely N-dealkylation sites (tertiary alicyclic amines) is 1. The van der Waals surface area contributed by atoms with E-state index in [1.54, 1.807) is 0 Å². The van der Waals surface area contributed by atoms with E-state index in [-0.39, 0.29) is 0 Å². The number of piperidine rings is 2. The predicted octanol–water partition coefficient (Wildman–Crippen LogP) is 2.32. The van der Waals surface area contributed by atoms with Crippen molar-refractivity contribution < 1.29 is 0 Å². The van der Waals surface area contributed by atoms with Crippen LogP contribution in [-0.2, 0) is 0 Å². The van der Waals surface area contributed by atoms with Gasteiger partial charge in [-0.2, -0.15) is 0 Å². The summed E-state index contributed by atoms with van der Waals surface area (Å²) in [6.45, 7) is 11.2. The zero-order valence-electron chi connectivity index (χ0n) is 13.5. The smallest absolute Gasteiger partial charge is 0.0123 e. The number of hydrogen-bond acceptors (Lipinski definition) is 3. The van der Waals surface area contributed by atoms with Gasteiger partial charge in [0, 0.05) is 24.7 Å². The summed E-state index contributed by atoms with van der Waals surface area (Å²) in [5.74, 6) is 0.958. The first-order chi connectivity index (χ1) is 9.74. The van der Waals surface area contributed by atoms with Crippen LogP contribution in [-0.4, -0.2) is 60.6 Å². The molecule has 0 aromatic rings. The number of rotatable bonds is 5. The molecule has 2 saturated heterocycles. The van der Waals surface area contributed by atoms with Crippen LogP contribution in [0.2, 0.25) is 0 Å². The predicted molar refractivity (Wildman–Crippen MR) is 85.1 cm³/mol. The Balaban J connectivity index is 1.52. The third-order valence-corrected chi connectivity index (χ3v) is 5.64. The van der Waals surface area contributed by atoms with E-state index in [4.69, 9.17) is 0 Å². The molecule has 20 heavy (non-hydrogen) atoms. The van der Waals surface area contributed by atoms with Crippen molar-refractivity contribution in [2.45, 2.75) is 70.5 Å². The first kappa shape index (κ1) is 14.8. The van der Waals surface area contributed by atoms with Gasteiger partial charge in [-0.3, -0.25) is 4.90 Å². The lowest BCUT2D eigenvalue weighted by Crippen LogP contribution is -2.49. The lowest BCUT2D eigenvalue weighted by molar-refractivity contribution is 0.0713. The average molecular weight is 279 g/mol. The van der Waals surface area contributed by atoms with E-state index in [1.807, 2.05) is 0 Å². The van der Waals surface area contributed by atoms with Gasteiger partial charge in [0.15, 0.2) is 0 Å². The van der Waals surface area contributed by atoms with Crippen molar-refractivity contribution >= 4 is 0 Å². The normalized spacial score (nSPS) is 27.6. The standard InChI is InChI=1S/C17H33N3/c1-14(2)19-11-7-17(8-12-19)20(16-3-4-16)13-15-5-9-18-10-6-15/h14-18H,3-13H2,1-2H3. The minimum Gasteiger partial charge on any atom is -0.317 e. The van der Waals surface area contributed by atoms with Crippen LogP contribution in [0.25, 0.3) is 0 Å². The fourth-order valence-electron chi connectivity index (χ4n) is 4.10. The maximum absolute atomic E-state index is 3.51. The van der Waals surface area contributed by atoms with Crippen molar-refractivity contribution in [3.05, 3.63) is 0 Å². The Morgan fingerprint density at radius 1 is 0.950 bits per heavy atom. The van der Waals surface area contributed by atoms with E-state index in [2.05, 4.69) is 29.0 Å². The van der Waals surface area contributed by atoms with E-state index in [1.165, 1.54) is 71.2 Å². The Morgan fingerprint density at radius 2 is 1.55 bits per heavy atom. The van der Waals surface area contributed by atoms with Crippen molar-refractivity contribution in [1.29, 1.82) is 0 Å². The van der Waals surface area contributed by atoms with Gasteiger partial charge in [0.05, 0.1) is 0 Å². The van der Waals surface area contributed by atoms with Crippen molar-refractivity contribution in [3.8, 4) is 0 Å². The second-order valence-corrected chi connectivity index (χ2v) is 7.48. The van der Waals surface area contributed by atoms with Gasteiger partial charge in [0.1, 0.15) is 0 Å². The largest absolute Gasteiger partial charge is 0.317 e. The summed E-state index contributed by atoms with van der Waals surface area (Å²) in [4.78, 5) is 5.58. The monoisotopic (exact) mass is 279 g/mol. The number of nitrogens with one attached hydrogen (secondary N) is 1. The van der Waals surface area contributed by atoms with E-state index >= 15 is 0 Å². The van der Waals surface area contributed by atoms with Crippen LogP contribution in [0.1, 0.15) is 52.4 Å². The summed E-state index contributed by atoms with van der Waals surface area (Å²) in [6.07, 6.45) is 8.53. The molecular formula is C17H33N3. The molecule has 1 saturated carbocycles.